The molecule has 0 fully saturated rings. The van der Waals surface area contributed by atoms with Crippen LogP contribution in [0, 0.1) is 0 Å². The van der Waals surface area contributed by atoms with E-state index in [1.165, 1.54) is 6.07 Å². The fourth-order valence-electron chi connectivity index (χ4n) is 1.24. The molecular weight excluding hydrogens is 406 g/mol. The molecule has 0 aliphatic heterocycles. The Morgan fingerprint density at radius 2 is 2.11 bits per heavy atom. The highest BCUT2D eigenvalue weighted by Gasteiger charge is 2.27. The number of sulfonamides is 1. The maximum absolute atomic E-state index is 12.1. The molecule has 0 spiro atoms. The average Bonchev–Trinajstić information content (AvgIpc) is 2.37. The highest BCUT2D eigenvalue weighted by atomic mass is 79.9. The molecule has 0 amide bonds. The van der Waals surface area contributed by atoms with Gasteiger partial charge in [0.25, 0.3) is 0 Å². The number of aliphatic hydroxyl groups is 1. The molecular formula is C10H11Br2NO5S. The van der Waals surface area contributed by atoms with E-state index in [9.17, 15) is 13.2 Å². The van der Waals surface area contributed by atoms with Gasteiger partial charge in [-0.25, -0.2) is 8.42 Å². The fraction of sp³-hybridized carbons (Fsp3) is 0.300. The van der Waals surface area contributed by atoms with Crippen molar-refractivity contribution < 1.29 is 23.1 Å². The number of benzene rings is 1. The molecule has 0 aliphatic carbocycles. The van der Waals surface area contributed by atoms with Crippen molar-refractivity contribution in [2.45, 2.75) is 10.9 Å². The summed E-state index contributed by atoms with van der Waals surface area (Å²) < 4.78 is 31.6. The van der Waals surface area contributed by atoms with Crippen molar-refractivity contribution in [3.05, 3.63) is 27.1 Å². The largest absolute Gasteiger partial charge is 0.468 e. The molecule has 1 rings (SSSR count). The molecule has 106 valence electrons. The number of ether oxygens (including phenoxy) is 1. The van der Waals surface area contributed by atoms with Crippen LogP contribution in [-0.2, 0) is 19.6 Å². The molecule has 0 saturated heterocycles. The van der Waals surface area contributed by atoms with E-state index in [1.54, 1.807) is 12.1 Å². The molecule has 0 aromatic heterocycles. The van der Waals surface area contributed by atoms with Crippen LogP contribution >= 0.6 is 31.9 Å². The predicted molar refractivity (Wildman–Crippen MR) is 75.1 cm³/mol. The minimum absolute atomic E-state index is 0.0516. The number of hydrogen-bond acceptors (Lipinski definition) is 5. The summed E-state index contributed by atoms with van der Waals surface area (Å²) in [5, 5.41) is 9.01. The second-order valence-electron chi connectivity index (χ2n) is 3.45. The molecule has 1 atom stereocenters. The number of aliphatic hydroxyl groups excluding tert-OH is 1. The van der Waals surface area contributed by atoms with Crippen LogP contribution in [0.25, 0.3) is 0 Å². The summed E-state index contributed by atoms with van der Waals surface area (Å²) in [6, 6.07) is 3.23. The van der Waals surface area contributed by atoms with E-state index < -0.39 is 28.6 Å². The quantitative estimate of drug-likeness (QED) is 0.699. The standard InChI is InChI=1S/C10H11Br2NO5S/c1-18-10(15)8(5-14)13-19(16,17)9-4-6(11)2-3-7(9)12/h2-4,8,13-14H,5H2,1H3. The number of carbonyl (C=O) groups excluding carboxylic acids is 1. The summed E-state index contributed by atoms with van der Waals surface area (Å²) in [5.74, 6) is -0.864. The molecule has 0 aliphatic rings. The number of halogens is 2. The lowest BCUT2D eigenvalue weighted by atomic mass is 10.3. The van der Waals surface area contributed by atoms with Gasteiger partial charge in [-0.05, 0) is 34.1 Å². The Hall–Kier alpha value is -0.480. The third-order valence-corrected chi connectivity index (χ3v) is 5.11. The van der Waals surface area contributed by atoms with Gasteiger partial charge >= 0.3 is 5.97 Å². The van der Waals surface area contributed by atoms with E-state index in [0.717, 1.165) is 7.11 Å². The third kappa shape index (κ3) is 4.25. The lowest BCUT2D eigenvalue weighted by Crippen LogP contribution is -2.44. The maximum atomic E-state index is 12.1. The van der Waals surface area contributed by atoms with Gasteiger partial charge in [-0.15, -0.1) is 0 Å². The second kappa shape index (κ2) is 6.80. The number of carbonyl (C=O) groups is 1. The van der Waals surface area contributed by atoms with E-state index >= 15 is 0 Å². The number of nitrogens with one attached hydrogen (secondary N) is 1. The van der Waals surface area contributed by atoms with Crippen LogP contribution in [0.5, 0.6) is 0 Å². The first kappa shape index (κ1) is 16.6. The molecule has 0 radical (unpaired) electrons. The van der Waals surface area contributed by atoms with E-state index in [1.807, 2.05) is 0 Å². The molecule has 1 aromatic carbocycles. The Bertz CT molecular complexity index is 575. The molecule has 0 bridgehead atoms. The fourth-order valence-corrected chi connectivity index (χ4v) is 3.91. The second-order valence-corrected chi connectivity index (χ2v) is 6.91. The summed E-state index contributed by atoms with van der Waals surface area (Å²) >= 11 is 6.27. The van der Waals surface area contributed by atoms with Crippen molar-refractivity contribution in [2.24, 2.45) is 0 Å². The van der Waals surface area contributed by atoms with Gasteiger partial charge in [0.2, 0.25) is 10.0 Å². The molecule has 9 heteroatoms. The Morgan fingerprint density at radius 3 is 2.63 bits per heavy atom. The zero-order chi connectivity index (χ0) is 14.6. The van der Waals surface area contributed by atoms with E-state index in [0.29, 0.717) is 8.95 Å². The van der Waals surface area contributed by atoms with Crippen LogP contribution in [0.1, 0.15) is 0 Å². The molecule has 1 aromatic rings. The smallest absolute Gasteiger partial charge is 0.326 e. The first-order valence-corrected chi connectivity index (χ1v) is 8.05. The normalized spacial score (nSPS) is 13.1. The first-order chi connectivity index (χ1) is 8.81. The minimum atomic E-state index is -3.97. The van der Waals surface area contributed by atoms with Gasteiger partial charge in [-0.3, -0.25) is 4.79 Å². The van der Waals surface area contributed by atoms with Crippen LogP contribution in [0.2, 0.25) is 0 Å². The van der Waals surface area contributed by atoms with Crippen molar-refractivity contribution in [3.63, 3.8) is 0 Å². The number of hydrogen-bond donors (Lipinski definition) is 2. The summed E-state index contributed by atoms with van der Waals surface area (Å²) in [7, 11) is -2.86. The van der Waals surface area contributed by atoms with Crippen LogP contribution < -0.4 is 4.72 Å². The van der Waals surface area contributed by atoms with Crippen molar-refractivity contribution in [2.75, 3.05) is 13.7 Å². The SMILES string of the molecule is COC(=O)C(CO)NS(=O)(=O)c1cc(Br)ccc1Br. The van der Waals surface area contributed by atoms with E-state index in [2.05, 4.69) is 41.3 Å². The summed E-state index contributed by atoms with van der Waals surface area (Å²) in [6.07, 6.45) is 0. The van der Waals surface area contributed by atoms with E-state index in [-0.39, 0.29) is 4.90 Å². The molecule has 1 unspecified atom stereocenters. The Labute approximate surface area is 127 Å². The molecule has 6 nitrogen and oxygen atoms in total. The lowest BCUT2D eigenvalue weighted by molar-refractivity contribution is -0.143. The summed E-state index contributed by atoms with van der Waals surface area (Å²) in [4.78, 5) is 11.2. The summed E-state index contributed by atoms with van der Waals surface area (Å²) in [5.41, 5.74) is 0. The molecule has 0 saturated carbocycles. The first-order valence-electron chi connectivity index (χ1n) is 4.98. The van der Waals surface area contributed by atoms with Gasteiger partial charge in [-0.2, -0.15) is 4.72 Å². The monoisotopic (exact) mass is 415 g/mol. The van der Waals surface area contributed by atoms with Crippen LogP contribution in [-0.4, -0.2) is 39.3 Å². The predicted octanol–water partition coefficient (Wildman–Crippen LogP) is 1.02. The van der Waals surface area contributed by atoms with Gasteiger partial charge in [-0.1, -0.05) is 15.9 Å². The van der Waals surface area contributed by atoms with Gasteiger partial charge < -0.3 is 9.84 Å². The number of methoxy groups -OCH3 is 1. The zero-order valence-electron chi connectivity index (χ0n) is 9.76. The molecule has 19 heavy (non-hydrogen) atoms. The minimum Gasteiger partial charge on any atom is -0.468 e. The van der Waals surface area contributed by atoms with Gasteiger partial charge in [0.05, 0.1) is 18.6 Å². The van der Waals surface area contributed by atoms with Crippen LogP contribution in [0.3, 0.4) is 0 Å². The average molecular weight is 417 g/mol. The summed E-state index contributed by atoms with van der Waals surface area (Å²) in [6.45, 7) is -0.697. The van der Waals surface area contributed by atoms with Crippen molar-refractivity contribution in [1.82, 2.24) is 4.72 Å². The van der Waals surface area contributed by atoms with Crippen molar-refractivity contribution in [3.8, 4) is 0 Å². The highest BCUT2D eigenvalue weighted by molar-refractivity contribution is 9.11. The molecule has 2 N–H and O–H groups in total. The zero-order valence-corrected chi connectivity index (χ0v) is 13.7. The van der Waals surface area contributed by atoms with Crippen molar-refractivity contribution in [1.29, 1.82) is 0 Å². The topological polar surface area (TPSA) is 92.7 Å². The van der Waals surface area contributed by atoms with E-state index in [4.69, 9.17) is 5.11 Å². The number of rotatable bonds is 5. The van der Waals surface area contributed by atoms with Gasteiger partial charge in [0, 0.05) is 8.95 Å². The van der Waals surface area contributed by atoms with Crippen LogP contribution in [0.15, 0.2) is 32.0 Å². The third-order valence-electron chi connectivity index (χ3n) is 2.15. The van der Waals surface area contributed by atoms with Crippen LogP contribution in [0.4, 0.5) is 0 Å². The van der Waals surface area contributed by atoms with Gasteiger partial charge in [0.15, 0.2) is 0 Å². The highest BCUT2D eigenvalue weighted by Crippen LogP contribution is 2.25. The Kier molecular flexibility index (Phi) is 5.93. The Balaban J connectivity index is 3.10. The Morgan fingerprint density at radius 1 is 1.47 bits per heavy atom. The lowest BCUT2D eigenvalue weighted by Gasteiger charge is -2.15. The number of esters is 1. The van der Waals surface area contributed by atoms with Crippen molar-refractivity contribution >= 4 is 47.9 Å². The van der Waals surface area contributed by atoms with Gasteiger partial charge in [0.1, 0.15) is 6.04 Å². The molecule has 0 heterocycles. The maximum Gasteiger partial charge on any atom is 0.326 e.